The average molecular weight is 333 g/mol. The molecule has 128 valence electrons. The molecule has 0 aliphatic heterocycles. The van der Waals surface area contributed by atoms with E-state index in [1.165, 1.54) is 5.56 Å². The highest BCUT2D eigenvalue weighted by Crippen LogP contribution is 2.31. The average Bonchev–Trinajstić information content (AvgIpc) is 3.34. The fraction of sp³-hybridized carbons (Fsp3) is 0.381. The Hall–Kier alpha value is -2.49. The smallest absolute Gasteiger partial charge is 0.159 e. The minimum atomic E-state index is 0.133. The lowest BCUT2D eigenvalue weighted by Gasteiger charge is -2.19. The number of ketones is 1. The van der Waals surface area contributed by atoms with Crippen molar-refractivity contribution in [1.82, 2.24) is 14.6 Å². The number of nitrogens with zero attached hydrogens (tertiary/aromatic N) is 3. The van der Waals surface area contributed by atoms with E-state index in [1.807, 2.05) is 22.7 Å². The third-order valence-electron chi connectivity index (χ3n) is 4.82. The predicted octanol–water partition coefficient (Wildman–Crippen LogP) is 4.22. The summed E-state index contributed by atoms with van der Waals surface area (Å²) in [6.45, 7) is 6.63. The Morgan fingerprint density at radius 2 is 1.84 bits per heavy atom. The molecule has 1 saturated carbocycles. The van der Waals surface area contributed by atoms with Gasteiger partial charge in [0, 0.05) is 11.5 Å². The molecule has 4 rings (SSSR count). The summed E-state index contributed by atoms with van der Waals surface area (Å²) in [5.74, 6) is 1.14. The first-order chi connectivity index (χ1) is 11.9. The van der Waals surface area contributed by atoms with Gasteiger partial charge in [-0.25, -0.2) is 9.50 Å². The Kier molecular flexibility index (Phi) is 3.71. The lowest BCUT2D eigenvalue weighted by Crippen LogP contribution is -2.10. The van der Waals surface area contributed by atoms with Crippen LogP contribution in [0.15, 0.2) is 42.5 Å². The van der Waals surface area contributed by atoms with Crippen LogP contribution < -0.4 is 0 Å². The summed E-state index contributed by atoms with van der Waals surface area (Å²) in [7, 11) is 0. The molecule has 2 aromatic heterocycles. The highest BCUT2D eigenvalue weighted by atomic mass is 16.1. The number of rotatable bonds is 4. The molecule has 0 atom stereocenters. The molecule has 1 fully saturated rings. The van der Waals surface area contributed by atoms with Gasteiger partial charge in [-0.05, 0) is 36.0 Å². The van der Waals surface area contributed by atoms with E-state index in [-0.39, 0.29) is 17.1 Å². The molecule has 0 radical (unpaired) electrons. The fourth-order valence-electron chi connectivity index (χ4n) is 3.09. The molecule has 4 heteroatoms. The maximum atomic E-state index is 12.0. The van der Waals surface area contributed by atoms with Gasteiger partial charge in [-0.1, -0.05) is 51.1 Å². The number of aromatic nitrogens is 3. The van der Waals surface area contributed by atoms with Crippen molar-refractivity contribution in [3.63, 3.8) is 0 Å². The standard InChI is InChI=1S/C21H23N3O/c1-21(2,3)16-11-9-14(10-12-16)17-5-4-6-20-22-19(23-24(17)20)13-18(25)15-7-8-15/h4-6,9-12,15H,7-8,13H2,1-3H3. The van der Waals surface area contributed by atoms with E-state index in [1.54, 1.807) is 0 Å². The maximum absolute atomic E-state index is 12.0. The second kappa shape index (κ2) is 5.80. The van der Waals surface area contributed by atoms with Crippen LogP contribution in [-0.4, -0.2) is 20.4 Å². The van der Waals surface area contributed by atoms with E-state index >= 15 is 0 Å². The van der Waals surface area contributed by atoms with Crippen LogP contribution in [0.25, 0.3) is 16.9 Å². The summed E-state index contributed by atoms with van der Waals surface area (Å²) in [4.78, 5) is 16.6. The third-order valence-corrected chi connectivity index (χ3v) is 4.82. The van der Waals surface area contributed by atoms with Gasteiger partial charge < -0.3 is 0 Å². The Balaban J connectivity index is 1.69. The van der Waals surface area contributed by atoms with Gasteiger partial charge in [0.05, 0.1) is 12.1 Å². The summed E-state index contributed by atoms with van der Waals surface area (Å²) in [6, 6.07) is 14.6. The Labute approximate surface area is 147 Å². The van der Waals surface area contributed by atoms with Gasteiger partial charge in [-0.2, -0.15) is 5.10 Å². The van der Waals surface area contributed by atoms with Crippen LogP contribution in [0.2, 0.25) is 0 Å². The van der Waals surface area contributed by atoms with Gasteiger partial charge in [0.25, 0.3) is 0 Å². The van der Waals surface area contributed by atoms with E-state index in [2.05, 4.69) is 55.1 Å². The first-order valence-corrected chi connectivity index (χ1v) is 8.90. The predicted molar refractivity (Wildman–Crippen MR) is 98.6 cm³/mol. The molecule has 0 N–H and O–H groups in total. The molecule has 25 heavy (non-hydrogen) atoms. The summed E-state index contributed by atoms with van der Waals surface area (Å²) in [6.07, 6.45) is 2.39. The van der Waals surface area contributed by atoms with Crippen LogP contribution >= 0.6 is 0 Å². The molecule has 1 aromatic carbocycles. The normalized spacial score (nSPS) is 14.8. The largest absolute Gasteiger partial charge is 0.299 e. The molecule has 1 aliphatic rings. The van der Waals surface area contributed by atoms with Crippen molar-refractivity contribution in [3.05, 3.63) is 53.9 Å². The minimum Gasteiger partial charge on any atom is -0.299 e. The van der Waals surface area contributed by atoms with E-state index < -0.39 is 0 Å². The zero-order valence-corrected chi connectivity index (χ0v) is 15.0. The molecule has 1 aliphatic carbocycles. The number of benzene rings is 1. The van der Waals surface area contributed by atoms with Crippen LogP contribution in [0.4, 0.5) is 0 Å². The molecule has 0 unspecified atom stereocenters. The van der Waals surface area contributed by atoms with Crippen LogP contribution in [0, 0.1) is 5.92 Å². The molecule has 0 bridgehead atoms. The van der Waals surface area contributed by atoms with Crippen molar-refractivity contribution in [2.24, 2.45) is 5.92 Å². The van der Waals surface area contributed by atoms with Gasteiger partial charge >= 0.3 is 0 Å². The SMILES string of the molecule is CC(C)(C)c1ccc(-c2cccc3nc(CC(=O)C4CC4)nn23)cc1. The summed E-state index contributed by atoms with van der Waals surface area (Å²) in [5, 5.41) is 4.60. The quantitative estimate of drug-likeness (QED) is 0.718. The molecule has 0 saturated heterocycles. The van der Waals surface area contributed by atoms with E-state index in [0.717, 1.165) is 29.7 Å². The molecule has 3 aromatic rings. The van der Waals surface area contributed by atoms with Crippen LogP contribution in [-0.2, 0) is 16.6 Å². The Bertz CT molecular complexity index is 928. The van der Waals surface area contributed by atoms with Crippen LogP contribution in [0.1, 0.15) is 45.0 Å². The number of hydrogen-bond acceptors (Lipinski definition) is 3. The lowest BCUT2D eigenvalue weighted by molar-refractivity contribution is -0.119. The van der Waals surface area contributed by atoms with Gasteiger partial charge in [-0.3, -0.25) is 4.79 Å². The summed E-state index contributed by atoms with van der Waals surface area (Å²) < 4.78 is 1.85. The van der Waals surface area contributed by atoms with Gasteiger partial charge in [-0.15, -0.1) is 0 Å². The molecule has 4 nitrogen and oxygen atoms in total. The highest BCUT2D eigenvalue weighted by Gasteiger charge is 2.30. The zero-order chi connectivity index (χ0) is 17.6. The van der Waals surface area contributed by atoms with E-state index in [0.29, 0.717) is 12.2 Å². The first-order valence-electron chi connectivity index (χ1n) is 8.90. The zero-order valence-electron chi connectivity index (χ0n) is 15.0. The van der Waals surface area contributed by atoms with Gasteiger partial charge in [0.15, 0.2) is 11.5 Å². The second-order valence-corrected chi connectivity index (χ2v) is 7.95. The third kappa shape index (κ3) is 3.21. The van der Waals surface area contributed by atoms with Crippen LogP contribution in [0.5, 0.6) is 0 Å². The lowest BCUT2D eigenvalue weighted by atomic mass is 9.86. The van der Waals surface area contributed by atoms with Crippen molar-refractivity contribution in [3.8, 4) is 11.3 Å². The molecular formula is C21H23N3O. The Morgan fingerprint density at radius 1 is 1.12 bits per heavy atom. The number of carbonyl (C=O) groups excluding carboxylic acids is 1. The molecule has 0 amide bonds. The molecule has 2 heterocycles. The second-order valence-electron chi connectivity index (χ2n) is 7.95. The van der Waals surface area contributed by atoms with E-state index in [4.69, 9.17) is 0 Å². The monoisotopic (exact) mass is 333 g/mol. The van der Waals surface area contributed by atoms with Crippen molar-refractivity contribution < 1.29 is 4.79 Å². The van der Waals surface area contributed by atoms with Crippen molar-refractivity contribution in [2.45, 2.75) is 45.4 Å². The number of fused-ring (bicyclic) bond motifs is 1. The number of Topliss-reactive ketones (excluding diaryl/α,β-unsaturated/α-hetero) is 1. The molecular weight excluding hydrogens is 310 g/mol. The highest BCUT2D eigenvalue weighted by molar-refractivity contribution is 5.84. The minimum absolute atomic E-state index is 0.133. The Morgan fingerprint density at radius 3 is 2.48 bits per heavy atom. The number of carbonyl (C=O) groups is 1. The number of pyridine rings is 1. The van der Waals surface area contributed by atoms with Gasteiger partial charge in [0.2, 0.25) is 0 Å². The van der Waals surface area contributed by atoms with Crippen LogP contribution in [0.3, 0.4) is 0 Å². The van der Waals surface area contributed by atoms with Gasteiger partial charge in [0.1, 0.15) is 5.78 Å². The maximum Gasteiger partial charge on any atom is 0.159 e. The van der Waals surface area contributed by atoms with Crippen molar-refractivity contribution >= 4 is 11.4 Å². The van der Waals surface area contributed by atoms with Crippen molar-refractivity contribution in [1.29, 1.82) is 0 Å². The summed E-state index contributed by atoms with van der Waals surface area (Å²) in [5.41, 5.74) is 4.32. The topological polar surface area (TPSA) is 47.3 Å². The first kappa shape index (κ1) is 16.0. The van der Waals surface area contributed by atoms with Crippen molar-refractivity contribution in [2.75, 3.05) is 0 Å². The fourth-order valence-corrected chi connectivity index (χ4v) is 3.09. The molecule has 0 spiro atoms. The summed E-state index contributed by atoms with van der Waals surface area (Å²) >= 11 is 0. The van der Waals surface area contributed by atoms with E-state index in [9.17, 15) is 4.79 Å². The number of hydrogen-bond donors (Lipinski definition) is 0.